The molecule has 2 aromatic carbocycles. The Kier molecular flexibility index (Phi) is 6.91. The minimum absolute atomic E-state index is 0.115. The first-order valence-corrected chi connectivity index (χ1v) is 13.8. The number of rotatable bonds is 11. The molecule has 2 N–H and O–H groups in total. The molecule has 5 rings (SSSR count). The zero-order valence-corrected chi connectivity index (χ0v) is 21.6. The fraction of sp³-hybridized carbons (Fsp3) is 0.516. The predicted octanol–water partition coefficient (Wildman–Crippen LogP) is 8.19. The van der Waals surface area contributed by atoms with E-state index < -0.39 is 5.41 Å². The van der Waals surface area contributed by atoms with Gasteiger partial charge in [-0.15, -0.1) is 0 Å². The van der Waals surface area contributed by atoms with Crippen LogP contribution >= 0.6 is 0 Å². The van der Waals surface area contributed by atoms with Gasteiger partial charge < -0.3 is 15.0 Å². The number of fused-ring (bicyclic) bond motifs is 1. The summed E-state index contributed by atoms with van der Waals surface area (Å²) in [7, 11) is 0. The van der Waals surface area contributed by atoms with Crippen molar-refractivity contribution in [2.24, 2.45) is 0 Å². The fourth-order valence-electron chi connectivity index (χ4n) is 5.55. The van der Waals surface area contributed by atoms with Crippen LogP contribution in [-0.4, -0.2) is 17.5 Å². The van der Waals surface area contributed by atoms with E-state index in [1.807, 2.05) is 13.0 Å². The van der Waals surface area contributed by atoms with Crippen molar-refractivity contribution in [3.8, 4) is 5.75 Å². The van der Waals surface area contributed by atoms with Gasteiger partial charge >= 0.3 is 0 Å². The van der Waals surface area contributed by atoms with E-state index in [0.717, 1.165) is 35.4 Å². The Balaban J connectivity index is 1.32. The van der Waals surface area contributed by atoms with E-state index in [0.29, 0.717) is 18.4 Å². The zero-order chi connectivity index (χ0) is 24.4. The molecule has 1 amide bonds. The van der Waals surface area contributed by atoms with Crippen LogP contribution in [0.5, 0.6) is 5.75 Å². The Hall–Kier alpha value is -2.75. The van der Waals surface area contributed by atoms with Gasteiger partial charge in [0.1, 0.15) is 5.75 Å². The van der Waals surface area contributed by atoms with Gasteiger partial charge in [0.15, 0.2) is 0 Å². The van der Waals surface area contributed by atoms with Crippen molar-refractivity contribution in [3.63, 3.8) is 0 Å². The summed E-state index contributed by atoms with van der Waals surface area (Å²) >= 11 is 0. The number of aromatic nitrogens is 1. The van der Waals surface area contributed by atoms with E-state index in [1.54, 1.807) is 0 Å². The lowest BCUT2D eigenvalue weighted by Crippen LogP contribution is -2.28. The van der Waals surface area contributed by atoms with Crippen LogP contribution in [0.4, 0.5) is 5.69 Å². The number of ether oxygens (including phenoxy) is 1. The van der Waals surface area contributed by atoms with Crippen LogP contribution in [0.1, 0.15) is 107 Å². The molecular weight excluding hydrogens is 432 g/mol. The maximum atomic E-state index is 13.5. The number of carbonyl (C=O) groups excluding carboxylic acids is 1. The number of benzene rings is 2. The summed E-state index contributed by atoms with van der Waals surface area (Å²) in [4.78, 5) is 17.1. The van der Waals surface area contributed by atoms with Gasteiger partial charge in [-0.25, -0.2) is 0 Å². The van der Waals surface area contributed by atoms with Gasteiger partial charge in [0, 0.05) is 22.3 Å². The number of hydrogen-bond donors (Lipinski definition) is 2. The molecule has 35 heavy (non-hydrogen) atoms. The molecule has 2 aliphatic carbocycles. The molecule has 0 radical (unpaired) electrons. The van der Waals surface area contributed by atoms with Crippen LogP contribution in [0.15, 0.2) is 42.5 Å². The Bertz CT molecular complexity index is 1190. The first kappa shape index (κ1) is 24.0. The molecule has 0 spiro atoms. The largest absolute Gasteiger partial charge is 0.494 e. The lowest BCUT2D eigenvalue weighted by molar-refractivity contribution is -0.118. The quantitative estimate of drug-likeness (QED) is 0.276. The van der Waals surface area contributed by atoms with E-state index >= 15 is 0 Å². The third-order valence-electron chi connectivity index (χ3n) is 8.26. The normalized spacial score (nSPS) is 17.7. The maximum absolute atomic E-state index is 13.5. The summed E-state index contributed by atoms with van der Waals surface area (Å²) < 4.78 is 5.92. The number of aromatic amines is 1. The van der Waals surface area contributed by atoms with Crippen molar-refractivity contribution in [2.45, 2.75) is 95.8 Å². The third-order valence-corrected chi connectivity index (χ3v) is 8.26. The number of hydrogen-bond acceptors (Lipinski definition) is 2. The summed E-state index contributed by atoms with van der Waals surface area (Å²) in [5.74, 6) is 2.20. The number of anilines is 1. The fourth-order valence-corrected chi connectivity index (χ4v) is 5.55. The Morgan fingerprint density at radius 2 is 1.94 bits per heavy atom. The van der Waals surface area contributed by atoms with Crippen molar-refractivity contribution in [1.82, 2.24) is 4.98 Å². The second-order valence-electron chi connectivity index (χ2n) is 10.8. The molecule has 0 aliphatic heterocycles. The van der Waals surface area contributed by atoms with E-state index in [-0.39, 0.29) is 5.91 Å². The van der Waals surface area contributed by atoms with Crippen LogP contribution in [-0.2, 0) is 10.2 Å². The summed E-state index contributed by atoms with van der Waals surface area (Å²) in [5, 5.41) is 4.41. The Morgan fingerprint density at radius 3 is 2.63 bits per heavy atom. The lowest BCUT2D eigenvalue weighted by atomic mass is 9.78. The van der Waals surface area contributed by atoms with Crippen LogP contribution in [0.25, 0.3) is 10.9 Å². The molecule has 1 aromatic heterocycles. The Labute approximate surface area is 209 Å². The first-order valence-electron chi connectivity index (χ1n) is 13.8. The number of carbonyl (C=O) groups is 1. The van der Waals surface area contributed by atoms with Gasteiger partial charge in [0.2, 0.25) is 5.91 Å². The van der Waals surface area contributed by atoms with Gasteiger partial charge in [0.05, 0.1) is 12.0 Å². The van der Waals surface area contributed by atoms with Crippen molar-refractivity contribution in [2.75, 3.05) is 11.9 Å². The highest BCUT2D eigenvalue weighted by atomic mass is 16.5. The smallest absolute Gasteiger partial charge is 0.235 e. The molecule has 1 atom stereocenters. The van der Waals surface area contributed by atoms with E-state index in [4.69, 9.17) is 4.74 Å². The molecule has 0 saturated heterocycles. The summed E-state index contributed by atoms with van der Waals surface area (Å²) in [6.45, 7) is 7.25. The van der Waals surface area contributed by atoms with Crippen molar-refractivity contribution < 1.29 is 9.53 Å². The summed E-state index contributed by atoms with van der Waals surface area (Å²) in [6.07, 6.45) is 10.6. The molecule has 3 aromatic rings. The molecule has 1 unspecified atom stereocenters. The van der Waals surface area contributed by atoms with Crippen LogP contribution in [0.2, 0.25) is 0 Å². The average Bonchev–Trinajstić information content (AvgIpc) is 3.52. The number of unbranched alkanes of at least 4 members (excludes halogenated alkanes) is 2. The SMILES string of the molecule is CCCCCC(C)c1cc2cc(NC(=O)C3(c4ccc(OCC)c(C5CCC5)c4)CC3)ccc2[nH]1. The van der Waals surface area contributed by atoms with Crippen LogP contribution in [0.3, 0.4) is 0 Å². The zero-order valence-electron chi connectivity index (χ0n) is 21.6. The molecule has 186 valence electrons. The molecule has 4 heteroatoms. The van der Waals surface area contributed by atoms with Gasteiger partial charge in [-0.3, -0.25) is 4.79 Å². The second kappa shape index (κ2) is 10.1. The molecule has 0 bridgehead atoms. The number of amides is 1. The third kappa shape index (κ3) is 4.85. The van der Waals surface area contributed by atoms with Crippen LogP contribution in [0, 0.1) is 0 Å². The molecule has 2 fully saturated rings. The Morgan fingerprint density at radius 1 is 1.11 bits per heavy atom. The molecule has 2 saturated carbocycles. The van der Waals surface area contributed by atoms with Crippen molar-refractivity contribution >= 4 is 22.5 Å². The van der Waals surface area contributed by atoms with Gasteiger partial charge in [-0.05, 0) is 92.3 Å². The van der Waals surface area contributed by atoms with Crippen molar-refractivity contribution in [3.05, 3.63) is 59.3 Å². The highest BCUT2D eigenvalue weighted by Gasteiger charge is 2.51. The maximum Gasteiger partial charge on any atom is 0.235 e. The standard InChI is InChI=1S/C31H40N2O2/c1-4-6-7-9-21(3)28-19-23-18-25(13-14-27(23)33-28)32-30(34)31(16-17-31)24-12-15-29(35-5-2)26(20-24)22-10-8-11-22/h12-15,18-22,33H,4-11,16-17H2,1-3H3,(H,32,34). The van der Waals surface area contributed by atoms with E-state index in [9.17, 15) is 4.79 Å². The minimum Gasteiger partial charge on any atom is -0.494 e. The lowest BCUT2D eigenvalue weighted by Gasteiger charge is -2.29. The van der Waals surface area contributed by atoms with Gasteiger partial charge in [-0.1, -0.05) is 51.7 Å². The van der Waals surface area contributed by atoms with Crippen molar-refractivity contribution in [1.29, 1.82) is 0 Å². The predicted molar refractivity (Wildman–Crippen MR) is 145 cm³/mol. The molecule has 2 aliphatic rings. The minimum atomic E-state index is -0.407. The van der Waals surface area contributed by atoms with Gasteiger partial charge in [0.25, 0.3) is 0 Å². The topological polar surface area (TPSA) is 54.1 Å². The highest BCUT2D eigenvalue weighted by molar-refractivity contribution is 6.02. The van der Waals surface area contributed by atoms with Gasteiger partial charge in [-0.2, -0.15) is 0 Å². The van der Waals surface area contributed by atoms with E-state index in [1.165, 1.54) is 61.6 Å². The van der Waals surface area contributed by atoms with Crippen LogP contribution < -0.4 is 10.1 Å². The summed E-state index contributed by atoms with van der Waals surface area (Å²) in [6, 6.07) is 15.0. The number of H-pyrrole nitrogens is 1. The average molecular weight is 473 g/mol. The second-order valence-corrected chi connectivity index (χ2v) is 10.8. The molecule has 1 heterocycles. The first-order chi connectivity index (χ1) is 17.0. The summed E-state index contributed by atoms with van der Waals surface area (Å²) in [5.41, 5.74) is 5.34. The molecular formula is C31H40N2O2. The molecule has 4 nitrogen and oxygen atoms in total. The highest BCUT2D eigenvalue weighted by Crippen LogP contribution is 2.51. The monoisotopic (exact) mass is 472 g/mol. The van der Waals surface area contributed by atoms with E-state index in [2.05, 4.69) is 60.5 Å². The number of nitrogens with one attached hydrogen (secondary N) is 2.